The van der Waals surface area contributed by atoms with E-state index in [0.717, 1.165) is 49.9 Å². The Morgan fingerprint density at radius 3 is 1.61 bits per heavy atom. The predicted octanol–water partition coefficient (Wildman–Crippen LogP) is 6.72. The number of ketones is 2. The Kier molecular flexibility index (Phi) is 23.5. The van der Waals surface area contributed by atoms with Gasteiger partial charge in [0, 0.05) is 42.5 Å². The molecule has 0 spiro atoms. The van der Waals surface area contributed by atoms with Crippen LogP contribution in [0, 0.1) is 11.3 Å². The van der Waals surface area contributed by atoms with E-state index in [1.165, 1.54) is 12.0 Å². The van der Waals surface area contributed by atoms with Gasteiger partial charge in [-0.2, -0.15) is 13.2 Å². The molecule has 0 aromatic rings. The van der Waals surface area contributed by atoms with E-state index >= 15 is 0 Å². The number of esters is 3. The zero-order valence-corrected chi connectivity index (χ0v) is 34.3. The van der Waals surface area contributed by atoms with E-state index in [-0.39, 0.29) is 23.8 Å². The molecule has 310 valence electrons. The van der Waals surface area contributed by atoms with E-state index in [1.54, 1.807) is 33.8 Å². The average molecular weight is 778 g/mol. The number of dihydropyridines is 1. The van der Waals surface area contributed by atoms with Crippen LogP contribution in [0.5, 0.6) is 0 Å². The average Bonchev–Trinajstić information content (AvgIpc) is 3.00. The number of hydrogen-bond donors (Lipinski definition) is 3. The second-order valence-electron chi connectivity index (χ2n) is 15.3. The van der Waals surface area contributed by atoms with Crippen LogP contribution >= 0.6 is 0 Å². The largest absolute Gasteiger partial charge is 0.490 e. The lowest BCUT2D eigenvalue weighted by atomic mass is 9.87. The lowest BCUT2D eigenvalue weighted by Crippen LogP contribution is -2.71. The molecular weight excluding hydrogens is 713 g/mol. The van der Waals surface area contributed by atoms with Crippen molar-refractivity contribution in [2.45, 2.75) is 152 Å². The molecule has 0 aromatic heterocycles. The van der Waals surface area contributed by atoms with E-state index in [0.29, 0.717) is 41.8 Å². The van der Waals surface area contributed by atoms with Gasteiger partial charge >= 0.3 is 30.1 Å². The van der Waals surface area contributed by atoms with E-state index < -0.39 is 29.7 Å². The molecule has 54 heavy (non-hydrogen) atoms. The second-order valence-corrected chi connectivity index (χ2v) is 15.3. The monoisotopic (exact) mass is 777 g/mol. The number of allylic oxidation sites excluding steroid dienone is 4. The molecule has 3 rings (SSSR count). The minimum Gasteiger partial charge on any atom is -0.475 e. The molecule has 0 radical (unpaired) electrons. The Hall–Kier alpha value is -4.01. The number of hydrogen-bond acceptors (Lipinski definition) is 10. The fraction of sp³-hybridized carbons (Fsp3) is 0.692. The normalized spacial score (nSPS) is 17.9. The molecule has 3 aliphatic rings. The van der Waals surface area contributed by atoms with Crippen molar-refractivity contribution in [1.82, 2.24) is 5.32 Å². The summed E-state index contributed by atoms with van der Waals surface area (Å²) in [7, 11) is 0. The smallest absolute Gasteiger partial charge is 0.475 e. The van der Waals surface area contributed by atoms with Gasteiger partial charge in [-0.05, 0) is 93.1 Å². The van der Waals surface area contributed by atoms with Gasteiger partial charge < -0.3 is 30.4 Å². The van der Waals surface area contributed by atoms with E-state index in [4.69, 9.17) is 24.1 Å². The van der Waals surface area contributed by atoms with Crippen LogP contribution in [0.25, 0.3) is 0 Å². The summed E-state index contributed by atoms with van der Waals surface area (Å²) in [6, 6.07) is -0.313. The van der Waals surface area contributed by atoms with Crippen molar-refractivity contribution in [3.8, 4) is 0 Å². The molecule has 0 saturated heterocycles. The third-order valence-corrected chi connectivity index (χ3v) is 7.79. The summed E-state index contributed by atoms with van der Waals surface area (Å²) < 4.78 is 46.9. The van der Waals surface area contributed by atoms with Crippen LogP contribution in [0.2, 0.25) is 0 Å². The molecule has 1 aliphatic heterocycles. The minimum absolute atomic E-state index is 0.137. The van der Waals surface area contributed by atoms with E-state index in [1.807, 2.05) is 48.5 Å². The molecule has 15 heteroatoms. The van der Waals surface area contributed by atoms with Crippen LogP contribution in [-0.2, 0) is 43.0 Å². The molecule has 1 saturated carbocycles. The van der Waals surface area contributed by atoms with Gasteiger partial charge in [-0.3, -0.25) is 9.59 Å². The third kappa shape index (κ3) is 23.6. The number of carboxylic acid groups (broad SMARTS) is 1. The molecule has 12 nitrogen and oxygen atoms in total. The third-order valence-electron chi connectivity index (χ3n) is 7.79. The summed E-state index contributed by atoms with van der Waals surface area (Å²) in [4.78, 5) is 65.2. The maximum Gasteiger partial charge on any atom is 0.490 e. The van der Waals surface area contributed by atoms with Crippen LogP contribution in [0.1, 0.15) is 134 Å². The summed E-state index contributed by atoms with van der Waals surface area (Å²) in [5.41, 5.74) is 6.90. The molecule has 5 N–H and O–H groups in total. The number of ether oxygens (including phenoxy) is 3. The van der Waals surface area contributed by atoms with Gasteiger partial charge in [0.15, 0.2) is 11.8 Å². The summed E-state index contributed by atoms with van der Waals surface area (Å²) in [6.45, 7) is 23.4. The molecule has 2 aliphatic carbocycles. The first-order valence-electron chi connectivity index (χ1n) is 18.2. The summed E-state index contributed by atoms with van der Waals surface area (Å²) >= 11 is 0. The maximum atomic E-state index is 11.7. The zero-order valence-electron chi connectivity index (χ0n) is 34.3. The number of Topliss-reactive ketones (excluding diaryl/α,β-unsaturated/α-hetero) is 1. The molecule has 2 atom stereocenters. The molecular formula is C39H64F3N2O10+. The van der Waals surface area contributed by atoms with Crippen LogP contribution in [0.15, 0.2) is 34.2 Å². The number of carboxylic acids is 1. The van der Waals surface area contributed by atoms with Crippen molar-refractivity contribution >= 4 is 35.4 Å². The standard InChI is InChI=1S/C13H19NO4.C10H21NO2.C7H12O.C7H10O.C2HF3O2/c1-5-17-12(15)10-7-11(13(16)18-6-2)9(4)14-8(10)3;1-9(2,3)7(11)8(12)13-10(4,5)6;2*1-6-3-2-4-7(8)5-6;3-2(4,5)1(6)7/h14H,5-7H2,1-4H3;7H,11H2,1-6H3;6H,2-5H2,1H3;5H,2-4H2,1H3;(H,6,7)/p+1/t;7-;;;/m.1.../s1. The number of aliphatic carboxylic acids is 1. The summed E-state index contributed by atoms with van der Waals surface area (Å²) in [5.74, 6) is -2.34. The molecule has 0 bridgehead atoms. The maximum absolute atomic E-state index is 11.7. The van der Waals surface area contributed by atoms with Gasteiger partial charge in [0.25, 0.3) is 0 Å². The first kappa shape index (κ1) is 52.1. The first-order valence-corrected chi connectivity index (χ1v) is 18.2. The van der Waals surface area contributed by atoms with Crippen molar-refractivity contribution < 1.29 is 67.0 Å². The number of quaternary nitrogens is 1. The van der Waals surface area contributed by atoms with Gasteiger partial charge in [-0.25, -0.2) is 19.2 Å². The first-order chi connectivity index (χ1) is 24.6. The number of carbonyl (C=O) groups is 6. The predicted molar refractivity (Wildman–Crippen MR) is 197 cm³/mol. The van der Waals surface area contributed by atoms with Crippen molar-refractivity contribution in [3.05, 3.63) is 34.2 Å². The Bertz CT molecular complexity index is 1350. The van der Waals surface area contributed by atoms with E-state index in [9.17, 15) is 37.1 Å². The molecule has 1 heterocycles. The lowest BCUT2D eigenvalue weighted by molar-refractivity contribution is -0.431. The number of nitrogens with one attached hydrogen (secondary N) is 1. The summed E-state index contributed by atoms with van der Waals surface area (Å²) in [6.07, 6.45) is 3.91. The van der Waals surface area contributed by atoms with Crippen molar-refractivity contribution in [1.29, 1.82) is 0 Å². The van der Waals surface area contributed by atoms with Crippen molar-refractivity contribution in [3.63, 3.8) is 0 Å². The van der Waals surface area contributed by atoms with Crippen LogP contribution in [0.4, 0.5) is 13.2 Å². The lowest BCUT2D eigenvalue weighted by Gasteiger charge is -2.26. The Morgan fingerprint density at radius 1 is 0.870 bits per heavy atom. The van der Waals surface area contributed by atoms with Gasteiger partial charge in [0.2, 0.25) is 0 Å². The van der Waals surface area contributed by atoms with Gasteiger partial charge in [0.1, 0.15) is 11.4 Å². The second kappa shape index (κ2) is 24.4. The molecule has 1 fully saturated rings. The highest BCUT2D eigenvalue weighted by Gasteiger charge is 2.38. The van der Waals surface area contributed by atoms with Crippen LogP contribution in [-0.4, -0.2) is 71.6 Å². The van der Waals surface area contributed by atoms with E-state index in [2.05, 4.69) is 18.0 Å². The minimum atomic E-state index is -5.08. The Morgan fingerprint density at radius 2 is 1.33 bits per heavy atom. The van der Waals surface area contributed by atoms with Gasteiger partial charge in [0.05, 0.1) is 24.4 Å². The fourth-order valence-electron chi connectivity index (χ4n) is 4.69. The molecule has 0 amide bonds. The van der Waals surface area contributed by atoms with Crippen molar-refractivity contribution in [2.24, 2.45) is 11.3 Å². The highest BCUT2D eigenvalue weighted by atomic mass is 19.4. The van der Waals surface area contributed by atoms with Crippen LogP contribution < -0.4 is 11.1 Å². The topological polar surface area (TPSA) is 190 Å². The number of halogens is 3. The Labute approximate surface area is 318 Å². The summed E-state index contributed by atoms with van der Waals surface area (Å²) in [5, 5.41) is 10.1. The number of carbonyl (C=O) groups excluding carboxylic acids is 5. The number of alkyl halides is 3. The number of rotatable bonds is 5. The highest BCUT2D eigenvalue weighted by Crippen LogP contribution is 2.25. The van der Waals surface area contributed by atoms with Gasteiger partial charge in [-0.15, -0.1) is 0 Å². The SMILES string of the molecule is CC(C)(C)OC(=O)[C@@H]([NH3+])C(C)(C)C.CC1=CC(=O)CCC1.CC1CCCC(=O)C1.CCOC(=O)C1=C(C)NC(C)=C(C(=O)OCC)C1.O=C(O)C(F)(F)F. The van der Waals surface area contributed by atoms with Gasteiger partial charge in [-0.1, -0.05) is 33.3 Å². The van der Waals surface area contributed by atoms with Crippen molar-refractivity contribution in [2.75, 3.05) is 13.2 Å². The highest BCUT2D eigenvalue weighted by molar-refractivity contribution is 5.96. The quantitative estimate of drug-likeness (QED) is 0.198. The zero-order chi connectivity index (χ0) is 42.6. The van der Waals surface area contributed by atoms with Crippen LogP contribution in [0.3, 0.4) is 0 Å². The molecule has 0 aromatic carbocycles. The fourth-order valence-corrected chi connectivity index (χ4v) is 4.69. The Balaban J connectivity index is 0. The molecule has 1 unspecified atom stereocenters.